The first-order valence-corrected chi connectivity index (χ1v) is 4.02. The molecule has 3 heteroatoms. The summed E-state index contributed by atoms with van der Waals surface area (Å²) in [4.78, 5) is 8.32. The third-order valence-electron chi connectivity index (χ3n) is 1.40. The highest BCUT2D eigenvalue weighted by atomic mass is 16.5. The predicted octanol–water partition coefficient (Wildman–Crippen LogP) is 1.09. The monoisotopic (exact) mass is 176 g/mol. The molecule has 0 aliphatic heterocycles. The van der Waals surface area contributed by atoms with E-state index >= 15 is 0 Å². The molecule has 0 aromatic carbocycles. The van der Waals surface area contributed by atoms with Gasteiger partial charge in [-0.2, -0.15) is 0 Å². The molecule has 0 spiro atoms. The molecule has 0 atom stereocenters. The number of rotatable bonds is 1. The zero-order valence-corrected chi connectivity index (χ0v) is 8.09. The molecule has 0 aliphatic carbocycles. The number of aromatic nitrogens is 2. The van der Waals surface area contributed by atoms with Crippen LogP contribution >= 0.6 is 0 Å². The molecule has 0 amide bonds. The Kier molecular flexibility index (Phi) is 3.41. The molecule has 0 bridgehead atoms. The maximum Gasteiger partial charge on any atom is 0.126 e. The maximum atomic E-state index is 4.81. The Morgan fingerprint density at radius 1 is 1.38 bits per heavy atom. The van der Waals surface area contributed by atoms with E-state index in [1.165, 1.54) is 0 Å². The van der Waals surface area contributed by atoms with Crippen LogP contribution in [-0.2, 0) is 4.74 Å². The molecule has 0 saturated heterocycles. The first kappa shape index (κ1) is 9.69. The van der Waals surface area contributed by atoms with Gasteiger partial charge in [0.2, 0.25) is 0 Å². The number of aryl methyl sites for hydroxylation is 2. The fourth-order valence-corrected chi connectivity index (χ4v) is 0.980. The molecular weight excluding hydrogens is 164 g/mol. The van der Waals surface area contributed by atoms with E-state index in [2.05, 4.69) is 21.8 Å². The van der Waals surface area contributed by atoms with Gasteiger partial charge in [-0.25, -0.2) is 9.97 Å². The summed E-state index contributed by atoms with van der Waals surface area (Å²) in [7, 11) is 1.62. The average molecular weight is 176 g/mol. The van der Waals surface area contributed by atoms with Crippen molar-refractivity contribution in [2.75, 3.05) is 13.7 Å². The van der Waals surface area contributed by atoms with Gasteiger partial charge in [0.1, 0.15) is 18.1 Å². The van der Waals surface area contributed by atoms with E-state index in [1.807, 2.05) is 19.9 Å². The molecule has 0 fully saturated rings. The van der Waals surface area contributed by atoms with Gasteiger partial charge in [-0.05, 0) is 25.8 Å². The summed E-state index contributed by atoms with van der Waals surface area (Å²) in [5.74, 6) is 6.50. The van der Waals surface area contributed by atoms with Crippen LogP contribution in [0.5, 0.6) is 0 Å². The van der Waals surface area contributed by atoms with Crippen molar-refractivity contribution in [3.05, 3.63) is 23.3 Å². The first-order chi connectivity index (χ1) is 6.22. The van der Waals surface area contributed by atoms with Crippen molar-refractivity contribution < 1.29 is 4.74 Å². The maximum absolute atomic E-state index is 4.81. The summed E-state index contributed by atoms with van der Waals surface area (Å²) in [5.41, 5.74) is 1.69. The Hall–Kier alpha value is -1.40. The molecule has 13 heavy (non-hydrogen) atoms. The Bertz CT molecular complexity index is 329. The van der Waals surface area contributed by atoms with E-state index in [0.29, 0.717) is 6.61 Å². The molecule has 0 radical (unpaired) electrons. The normalized spacial score (nSPS) is 9.15. The molecule has 0 N–H and O–H groups in total. The van der Waals surface area contributed by atoms with Crippen LogP contribution in [0.15, 0.2) is 6.07 Å². The number of ether oxygens (including phenoxy) is 1. The van der Waals surface area contributed by atoms with Gasteiger partial charge in [0.05, 0.1) is 0 Å². The van der Waals surface area contributed by atoms with Crippen LogP contribution in [0.25, 0.3) is 0 Å². The number of nitrogens with zero attached hydrogens (tertiary/aromatic N) is 2. The minimum atomic E-state index is 0.433. The fraction of sp³-hybridized carbons (Fsp3) is 0.400. The lowest BCUT2D eigenvalue weighted by molar-refractivity contribution is 0.240. The minimum Gasteiger partial charge on any atom is -0.372 e. The van der Waals surface area contributed by atoms with Gasteiger partial charge in [-0.3, -0.25) is 0 Å². The van der Waals surface area contributed by atoms with Crippen molar-refractivity contribution in [3.8, 4) is 11.8 Å². The quantitative estimate of drug-likeness (QED) is 0.601. The van der Waals surface area contributed by atoms with Crippen molar-refractivity contribution >= 4 is 0 Å². The van der Waals surface area contributed by atoms with Gasteiger partial charge in [0.25, 0.3) is 0 Å². The Balaban J connectivity index is 2.85. The standard InChI is InChI=1S/C10H12N2O/c1-8-7-10(5-4-6-13-3)12-9(2)11-8/h7H,6H2,1-3H3. The van der Waals surface area contributed by atoms with Gasteiger partial charge < -0.3 is 4.74 Å². The van der Waals surface area contributed by atoms with Crippen LogP contribution in [0.2, 0.25) is 0 Å². The lowest BCUT2D eigenvalue weighted by Crippen LogP contribution is -1.94. The second-order valence-electron chi connectivity index (χ2n) is 2.68. The summed E-state index contributed by atoms with van der Waals surface area (Å²) in [6.07, 6.45) is 0. The SMILES string of the molecule is COCC#Cc1cc(C)nc(C)n1. The molecular formula is C10H12N2O. The van der Waals surface area contributed by atoms with Crippen LogP contribution in [0.4, 0.5) is 0 Å². The molecule has 1 rings (SSSR count). The molecule has 0 saturated carbocycles. The Labute approximate surface area is 78.2 Å². The van der Waals surface area contributed by atoms with Gasteiger partial charge in [0, 0.05) is 12.8 Å². The zero-order chi connectivity index (χ0) is 9.68. The second kappa shape index (κ2) is 4.58. The van der Waals surface area contributed by atoms with Crippen LogP contribution in [0.1, 0.15) is 17.2 Å². The largest absolute Gasteiger partial charge is 0.372 e. The zero-order valence-electron chi connectivity index (χ0n) is 8.09. The van der Waals surface area contributed by atoms with Crippen LogP contribution < -0.4 is 0 Å². The van der Waals surface area contributed by atoms with Gasteiger partial charge >= 0.3 is 0 Å². The molecule has 68 valence electrons. The Morgan fingerprint density at radius 3 is 2.77 bits per heavy atom. The molecule has 1 aromatic rings. The number of methoxy groups -OCH3 is 1. The summed E-state index contributed by atoms with van der Waals surface area (Å²) in [6.45, 7) is 4.22. The van der Waals surface area contributed by atoms with Crippen molar-refractivity contribution in [2.45, 2.75) is 13.8 Å². The summed E-state index contributed by atoms with van der Waals surface area (Å²) >= 11 is 0. The first-order valence-electron chi connectivity index (χ1n) is 4.02. The highest BCUT2D eigenvalue weighted by Crippen LogP contribution is 1.97. The van der Waals surface area contributed by atoms with E-state index in [9.17, 15) is 0 Å². The van der Waals surface area contributed by atoms with Crippen molar-refractivity contribution in [3.63, 3.8) is 0 Å². The van der Waals surface area contributed by atoms with Crippen molar-refractivity contribution in [1.82, 2.24) is 9.97 Å². The third-order valence-corrected chi connectivity index (χ3v) is 1.40. The molecule has 0 aliphatic rings. The summed E-state index contributed by atoms with van der Waals surface area (Å²) in [6, 6.07) is 1.86. The topological polar surface area (TPSA) is 35.0 Å². The van der Waals surface area contributed by atoms with Crippen LogP contribution in [0.3, 0.4) is 0 Å². The molecule has 1 heterocycles. The van der Waals surface area contributed by atoms with E-state index in [-0.39, 0.29) is 0 Å². The van der Waals surface area contributed by atoms with Gasteiger partial charge in [0.15, 0.2) is 0 Å². The van der Waals surface area contributed by atoms with Gasteiger partial charge in [-0.15, -0.1) is 0 Å². The van der Waals surface area contributed by atoms with Crippen molar-refractivity contribution in [2.24, 2.45) is 0 Å². The highest BCUT2D eigenvalue weighted by Gasteiger charge is 1.93. The summed E-state index contributed by atoms with van der Waals surface area (Å²) < 4.78 is 4.81. The van der Waals surface area contributed by atoms with Crippen molar-refractivity contribution in [1.29, 1.82) is 0 Å². The second-order valence-corrected chi connectivity index (χ2v) is 2.68. The highest BCUT2D eigenvalue weighted by molar-refractivity contribution is 5.28. The Morgan fingerprint density at radius 2 is 2.15 bits per heavy atom. The number of hydrogen-bond acceptors (Lipinski definition) is 3. The smallest absolute Gasteiger partial charge is 0.126 e. The summed E-state index contributed by atoms with van der Waals surface area (Å²) in [5, 5.41) is 0. The van der Waals surface area contributed by atoms with E-state index in [0.717, 1.165) is 17.2 Å². The van der Waals surface area contributed by atoms with E-state index in [1.54, 1.807) is 7.11 Å². The number of hydrogen-bond donors (Lipinski definition) is 0. The lowest BCUT2D eigenvalue weighted by Gasteiger charge is -1.95. The average Bonchev–Trinajstić information content (AvgIpc) is 2.03. The lowest BCUT2D eigenvalue weighted by atomic mass is 10.3. The van der Waals surface area contributed by atoms with E-state index in [4.69, 9.17) is 4.74 Å². The third kappa shape index (κ3) is 3.22. The van der Waals surface area contributed by atoms with E-state index < -0.39 is 0 Å². The fourth-order valence-electron chi connectivity index (χ4n) is 0.980. The van der Waals surface area contributed by atoms with Gasteiger partial charge in [-0.1, -0.05) is 5.92 Å². The molecule has 0 unspecified atom stereocenters. The minimum absolute atomic E-state index is 0.433. The molecule has 3 nitrogen and oxygen atoms in total. The van der Waals surface area contributed by atoms with Crippen LogP contribution in [-0.4, -0.2) is 23.7 Å². The predicted molar refractivity (Wildman–Crippen MR) is 50.3 cm³/mol. The van der Waals surface area contributed by atoms with Crippen LogP contribution in [0, 0.1) is 25.7 Å². The molecule has 1 aromatic heterocycles.